The third kappa shape index (κ3) is 1.33. The number of allylic oxidation sites excluding steroid dienone is 1. The summed E-state index contributed by atoms with van der Waals surface area (Å²) < 4.78 is 0. The van der Waals surface area contributed by atoms with Gasteiger partial charge in [-0.3, -0.25) is 0 Å². The molecule has 1 saturated carbocycles. The lowest BCUT2D eigenvalue weighted by molar-refractivity contribution is -0.0715. The van der Waals surface area contributed by atoms with Crippen molar-refractivity contribution in [2.24, 2.45) is 16.7 Å². The minimum Gasteiger partial charge on any atom is -0.388 e. The van der Waals surface area contributed by atoms with Gasteiger partial charge in [-0.15, -0.1) is 0 Å². The minimum atomic E-state index is -0.221. The predicted molar refractivity (Wildman–Crippen MR) is 59.0 cm³/mol. The summed E-state index contributed by atoms with van der Waals surface area (Å²) in [5.74, 6) is 0.656. The van der Waals surface area contributed by atoms with Gasteiger partial charge in [-0.2, -0.15) is 0 Å². The number of aliphatic hydroxyl groups is 1. The molecule has 0 saturated heterocycles. The molecule has 2 aliphatic rings. The van der Waals surface area contributed by atoms with E-state index in [1.54, 1.807) is 0 Å². The van der Waals surface area contributed by atoms with Crippen molar-refractivity contribution in [2.45, 2.75) is 52.6 Å². The molecular weight excluding hydrogens is 172 g/mol. The molecule has 0 heterocycles. The molecule has 2 rings (SSSR count). The maximum absolute atomic E-state index is 10.1. The second-order valence-electron chi connectivity index (χ2n) is 6.01. The molecule has 0 bridgehead atoms. The molecular formula is C13H22O. The first-order valence-corrected chi connectivity index (χ1v) is 5.81. The zero-order chi connectivity index (χ0) is 10.4. The normalized spacial score (nSPS) is 46.0. The molecule has 0 aromatic carbocycles. The number of aliphatic hydroxyl groups excluding tert-OH is 1. The summed E-state index contributed by atoms with van der Waals surface area (Å²) >= 11 is 0. The molecule has 1 N–H and O–H groups in total. The third-order valence-electron chi connectivity index (χ3n) is 4.64. The van der Waals surface area contributed by atoms with Crippen LogP contribution in [-0.4, -0.2) is 11.2 Å². The maximum atomic E-state index is 10.1. The Bertz CT molecular complexity index is 254. The number of rotatable bonds is 0. The Hall–Kier alpha value is -0.300. The quantitative estimate of drug-likeness (QED) is 0.587. The van der Waals surface area contributed by atoms with Gasteiger partial charge in [0.25, 0.3) is 0 Å². The van der Waals surface area contributed by atoms with Crippen molar-refractivity contribution in [3.63, 3.8) is 0 Å². The Labute approximate surface area is 87.2 Å². The lowest BCUT2D eigenvalue weighted by Crippen LogP contribution is -2.49. The van der Waals surface area contributed by atoms with Crippen LogP contribution in [0.25, 0.3) is 0 Å². The third-order valence-corrected chi connectivity index (χ3v) is 4.64. The Morgan fingerprint density at radius 3 is 2.57 bits per heavy atom. The van der Waals surface area contributed by atoms with E-state index in [2.05, 4.69) is 26.8 Å². The van der Waals surface area contributed by atoms with Gasteiger partial charge in [0.15, 0.2) is 0 Å². The van der Waals surface area contributed by atoms with E-state index in [0.717, 1.165) is 6.42 Å². The summed E-state index contributed by atoms with van der Waals surface area (Å²) in [5, 5.41) is 10.1. The van der Waals surface area contributed by atoms with Crippen LogP contribution in [0.2, 0.25) is 0 Å². The van der Waals surface area contributed by atoms with Gasteiger partial charge in [-0.1, -0.05) is 39.3 Å². The summed E-state index contributed by atoms with van der Waals surface area (Å²) in [5.41, 5.74) is 0.537. The molecule has 0 aliphatic heterocycles. The van der Waals surface area contributed by atoms with E-state index in [9.17, 15) is 5.11 Å². The Morgan fingerprint density at radius 1 is 1.21 bits per heavy atom. The van der Waals surface area contributed by atoms with Gasteiger partial charge in [0, 0.05) is 5.41 Å². The molecule has 0 radical (unpaired) electrons. The number of hydrogen-bond donors (Lipinski definition) is 1. The molecule has 0 aromatic heterocycles. The summed E-state index contributed by atoms with van der Waals surface area (Å²) in [4.78, 5) is 0. The highest BCUT2D eigenvalue weighted by atomic mass is 16.3. The SMILES string of the molecule is CC1(C)CCC[C@@]2(C)[C@@H]1CC=C[C@@H]2O. The van der Waals surface area contributed by atoms with E-state index in [1.165, 1.54) is 19.3 Å². The fourth-order valence-corrected chi connectivity index (χ4v) is 3.67. The molecule has 0 aromatic rings. The van der Waals surface area contributed by atoms with E-state index in [-0.39, 0.29) is 11.5 Å². The van der Waals surface area contributed by atoms with Crippen molar-refractivity contribution >= 4 is 0 Å². The first-order chi connectivity index (χ1) is 6.47. The Kier molecular flexibility index (Phi) is 2.26. The van der Waals surface area contributed by atoms with Crippen LogP contribution in [0.4, 0.5) is 0 Å². The van der Waals surface area contributed by atoms with Crippen LogP contribution >= 0.6 is 0 Å². The van der Waals surface area contributed by atoms with Gasteiger partial charge in [0.2, 0.25) is 0 Å². The summed E-state index contributed by atoms with van der Waals surface area (Å²) in [6, 6.07) is 0. The highest BCUT2D eigenvalue weighted by molar-refractivity contribution is 5.11. The number of hydrogen-bond acceptors (Lipinski definition) is 1. The van der Waals surface area contributed by atoms with Crippen LogP contribution in [-0.2, 0) is 0 Å². The highest BCUT2D eigenvalue weighted by Crippen LogP contribution is 2.55. The zero-order valence-electron chi connectivity index (χ0n) is 9.59. The smallest absolute Gasteiger partial charge is 0.0777 e. The van der Waals surface area contributed by atoms with E-state index >= 15 is 0 Å². The predicted octanol–water partition coefficient (Wildman–Crippen LogP) is 3.14. The first kappa shape index (κ1) is 10.2. The summed E-state index contributed by atoms with van der Waals surface area (Å²) in [6.45, 7) is 6.99. The molecule has 14 heavy (non-hydrogen) atoms. The maximum Gasteiger partial charge on any atom is 0.0777 e. The molecule has 0 unspecified atom stereocenters. The van der Waals surface area contributed by atoms with Crippen LogP contribution in [0.3, 0.4) is 0 Å². The van der Waals surface area contributed by atoms with Crippen molar-refractivity contribution in [2.75, 3.05) is 0 Å². The van der Waals surface area contributed by atoms with Gasteiger partial charge < -0.3 is 5.11 Å². The van der Waals surface area contributed by atoms with Crippen LogP contribution in [0.15, 0.2) is 12.2 Å². The van der Waals surface area contributed by atoms with Crippen molar-refractivity contribution in [3.8, 4) is 0 Å². The molecule has 2 aliphatic carbocycles. The minimum absolute atomic E-state index is 0.135. The molecule has 1 fully saturated rings. The van der Waals surface area contributed by atoms with Crippen molar-refractivity contribution < 1.29 is 5.11 Å². The molecule has 1 heteroatoms. The molecule has 3 atom stereocenters. The topological polar surface area (TPSA) is 20.2 Å². The first-order valence-electron chi connectivity index (χ1n) is 5.81. The van der Waals surface area contributed by atoms with Gasteiger partial charge in [0.1, 0.15) is 0 Å². The summed E-state index contributed by atoms with van der Waals surface area (Å²) in [6.07, 6.45) is 8.87. The van der Waals surface area contributed by atoms with Crippen LogP contribution < -0.4 is 0 Å². The van der Waals surface area contributed by atoms with Crippen LogP contribution in [0.1, 0.15) is 46.5 Å². The van der Waals surface area contributed by atoms with E-state index in [0.29, 0.717) is 11.3 Å². The van der Waals surface area contributed by atoms with Crippen LogP contribution in [0, 0.1) is 16.7 Å². The highest BCUT2D eigenvalue weighted by Gasteiger charge is 2.50. The van der Waals surface area contributed by atoms with Gasteiger partial charge in [-0.05, 0) is 30.6 Å². The Balaban J connectivity index is 2.34. The molecule has 80 valence electrons. The fourth-order valence-electron chi connectivity index (χ4n) is 3.67. The fraction of sp³-hybridized carbons (Fsp3) is 0.846. The van der Waals surface area contributed by atoms with E-state index in [1.807, 2.05) is 6.08 Å². The molecule has 0 spiro atoms. The van der Waals surface area contributed by atoms with Crippen LogP contribution in [0.5, 0.6) is 0 Å². The lowest BCUT2D eigenvalue weighted by atomic mass is 9.52. The van der Waals surface area contributed by atoms with Gasteiger partial charge in [0.05, 0.1) is 6.10 Å². The Morgan fingerprint density at radius 2 is 1.93 bits per heavy atom. The van der Waals surface area contributed by atoms with E-state index < -0.39 is 0 Å². The van der Waals surface area contributed by atoms with Gasteiger partial charge >= 0.3 is 0 Å². The number of fused-ring (bicyclic) bond motifs is 1. The molecule has 1 nitrogen and oxygen atoms in total. The van der Waals surface area contributed by atoms with Crippen molar-refractivity contribution in [1.29, 1.82) is 0 Å². The summed E-state index contributed by atoms with van der Waals surface area (Å²) in [7, 11) is 0. The average Bonchev–Trinajstić information content (AvgIpc) is 2.08. The average molecular weight is 194 g/mol. The van der Waals surface area contributed by atoms with E-state index in [4.69, 9.17) is 0 Å². The zero-order valence-corrected chi connectivity index (χ0v) is 9.59. The molecule has 0 amide bonds. The standard InChI is InChI=1S/C13H22O/c1-12(2)8-5-9-13(3)10(12)6-4-7-11(13)14/h4,7,10-11,14H,5-6,8-9H2,1-3H3/t10-,11+,13+/m1/s1. The monoisotopic (exact) mass is 194 g/mol. The second-order valence-corrected chi connectivity index (χ2v) is 6.01. The van der Waals surface area contributed by atoms with Gasteiger partial charge in [-0.25, -0.2) is 0 Å². The van der Waals surface area contributed by atoms with Crippen molar-refractivity contribution in [3.05, 3.63) is 12.2 Å². The lowest BCUT2D eigenvalue weighted by Gasteiger charge is -2.54. The van der Waals surface area contributed by atoms with Crippen molar-refractivity contribution in [1.82, 2.24) is 0 Å². The largest absolute Gasteiger partial charge is 0.388 e. The second kappa shape index (κ2) is 3.10.